The minimum Gasteiger partial charge on any atom is -0.278 e. The van der Waals surface area contributed by atoms with Gasteiger partial charge in [-0.2, -0.15) is 0 Å². The van der Waals surface area contributed by atoms with Gasteiger partial charge >= 0.3 is 0 Å². The van der Waals surface area contributed by atoms with Crippen LogP contribution in [-0.2, 0) is 0 Å². The minimum atomic E-state index is 0.654. The summed E-state index contributed by atoms with van der Waals surface area (Å²) in [5.74, 6) is 1.97. The Labute approximate surface area is 813 Å². The standard InChI is InChI=1S/C48H31N3.2C42H27N3/c1-4-12-32(13-5-1)36-22-23-38-29-39(25-24-37(38)28-36)40-21-20-33-26-27-46-47(42(33)30-40)41-18-10-11-19-45(41)51(46)48-49-43(34-14-6-2-7-15-34)31-44(50-48)35-16-8-3-9-17-35;1-3-13-29(14-4-1)37-27-38(30-15-5-2-6-16-30)44-42(43-37)45-39-21-10-9-19-36(39)41-35-24-22-31(26-32(35)23-25-40(41)45)34-20-11-17-28-12-7-8-18-33(28)34;1-3-13-30(14-4-1)37-27-38(31-15-5-2-6-16-31)44-42(43-37)45-39-21-10-9-19-35(39)41-36-26-32(23-22-29(36)24-25-40(41)45)34-20-11-17-28-12-7-8-18-33(28)34/h1-31H;2*1-27H. The number of nitrogens with zero attached hydrogens (tertiary/aromatic N) is 9. The van der Waals surface area contributed by atoms with E-state index >= 15 is 0 Å². The van der Waals surface area contributed by atoms with Crippen molar-refractivity contribution in [1.29, 1.82) is 0 Å². The van der Waals surface area contributed by atoms with E-state index in [4.69, 9.17) is 29.9 Å². The molecule has 658 valence electrons. The second kappa shape index (κ2) is 35.4. The van der Waals surface area contributed by atoms with E-state index in [-0.39, 0.29) is 0 Å². The maximum absolute atomic E-state index is 5.22. The fourth-order valence-electron chi connectivity index (χ4n) is 20.9. The van der Waals surface area contributed by atoms with Crippen LogP contribution >= 0.6 is 0 Å². The lowest BCUT2D eigenvalue weighted by Crippen LogP contribution is -2.04. The van der Waals surface area contributed by atoms with Crippen LogP contribution in [0.1, 0.15) is 0 Å². The van der Waals surface area contributed by atoms with Crippen LogP contribution < -0.4 is 0 Å². The first-order valence-corrected chi connectivity index (χ1v) is 47.8. The average molecular weight is 1800 g/mol. The highest BCUT2D eigenvalue weighted by Crippen LogP contribution is 2.46. The molecule has 0 aliphatic heterocycles. The molecule has 0 saturated carbocycles. The third-order valence-corrected chi connectivity index (χ3v) is 27.6. The number of aromatic nitrogens is 9. The molecule has 0 fully saturated rings. The molecule has 0 unspecified atom stereocenters. The molecular weight excluding hydrogens is 1710 g/mol. The lowest BCUT2D eigenvalue weighted by Gasteiger charge is -2.12. The van der Waals surface area contributed by atoms with Gasteiger partial charge in [0, 0.05) is 65.7 Å². The summed E-state index contributed by atoms with van der Waals surface area (Å²) in [5, 5.41) is 21.9. The monoisotopic (exact) mass is 1800 g/mol. The van der Waals surface area contributed by atoms with Gasteiger partial charge in [0.2, 0.25) is 17.8 Å². The van der Waals surface area contributed by atoms with Gasteiger partial charge in [-0.1, -0.05) is 431 Å². The fourth-order valence-corrected chi connectivity index (χ4v) is 20.9. The molecule has 0 radical (unpaired) electrons. The van der Waals surface area contributed by atoms with E-state index in [1.807, 2.05) is 36.4 Å². The molecule has 9 nitrogen and oxygen atoms in total. The zero-order chi connectivity index (χ0) is 93.2. The molecule has 0 saturated heterocycles. The van der Waals surface area contributed by atoms with Crippen LogP contribution in [0.5, 0.6) is 0 Å². The van der Waals surface area contributed by atoms with E-state index in [9.17, 15) is 0 Å². The van der Waals surface area contributed by atoms with Crippen molar-refractivity contribution in [3.63, 3.8) is 0 Å². The summed E-state index contributed by atoms with van der Waals surface area (Å²) in [7, 11) is 0. The lowest BCUT2D eigenvalue weighted by atomic mass is 9.95. The number of benzene rings is 22. The molecular formula is C132H85N9. The van der Waals surface area contributed by atoms with Crippen molar-refractivity contribution < 1.29 is 0 Å². The van der Waals surface area contributed by atoms with Gasteiger partial charge in [-0.3, -0.25) is 13.7 Å². The number of para-hydroxylation sites is 3. The van der Waals surface area contributed by atoms with E-state index in [2.05, 4.69) is 493 Å². The van der Waals surface area contributed by atoms with Gasteiger partial charge in [0.1, 0.15) is 0 Å². The Morgan fingerprint density at radius 1 is 0.121 bits per heavy atom. The molecule has 22 aromatic carbocycles. The summed E-state index contributed by atoms with van der Waals surface area (Å²) in [6, 6.07) is 183. The average Bonchev–Trinajstić information content (AvgIpc) is 1.57. The molecule has 0 bridgehead atoms. The van der Waals surface area contributed by atoms with Crippen molar-refractivity contribution in [2.45, 2.75) is 0 Å². The predicted molar refractivity (Wildman–Crippen MR) is 589 cm³/mol. The molecule has 0 N–H and O–H groups in total. The Morgan fingerprint density at radius 3 is 0.730 bits per heavy atom. The fraction of sp³-hybridized carbons (Fsp3) is 0. The van der Waals surface area contributed by atoms with Crippen LogP contribution in [0.2, 0.25) is 0 Å². The molecule has 0 atom stereocenters. The summed E-state index contributed by atoms with van der Waals surface area (Å²) in [4.78, 5) is 31.2. The molecule has 0 spiro atoms. The van der Waals surface area contributed by atoms with E-state index in [1.165, 1.54) is 141 Å². The second-order valence-electron chi connectivity index (χ2n) is 36.0. The second-order valence-corrected chi connectivity index (χ2v) is 36.0. The highest BCUT2D eigenvalue weighted by Gasteiger charge is 2.25. The molecule has 28 rings (SSSR count). The van der Waals surface area contributed by atoms with Gasteiger partial charge in [0.25, 0.3) is 0 Å². The molecule has 6 heterocycles. The normalized spacial score (nSPS) is 11.5. The molecule has 6 aromatic heterocycles. The molecule has 0 amide bonds. The van der Waals surface area contributed by atoms with Gasteiger partial charge in [-0.25, -0.2) is 29.9 Å². The van der Waals surface area contributed by atoms with Crippen molar-refractivity contribution in [1.82, 2.24) is 43.6 Å². The van der Waals surface area contributed by atoms with Gasteiger partial charge < -0.3 is 0 Å². The summed E-state index contributed by atoms with van der Waals surface area (Å²) < 4.78 is 6.69. The summed E-state index contributed by atoms with van der Waals surface area (Å²) in [6.45, 7) is 0. The van der Waals surface area contributed by atoms with Crippen LogP contribution in [-0.4, -0.2) is 43.6 Å². The van der Waals surface area contributed by atoms with Crippen molar-refractivity contribution in [2.24, 2.45) is 0 Å². The van der Waals surface area contributed by atoms with Crippen LogP contribution in [0.25, 0.3) is 260 Å². The van der Waals surface area contributed by atoms with Gasteiger partial charge in [0.05, 0.1) is 67.3 Å². The minimum absolute atomic E-state index is 0.654. The Morgan fingerprint density at radius 2 is 0.362 bits per heavy atom. The topological polar surface area (TPSA) is 92.1 Å². The smallest absolute Gasteiger partial charge is 0.235 e. The van der Waals surface area contributed by atoms with E-state index < -0.39 is 0 Å². The first-order chi connectivity index (χ1) is 69.9. The molecule has 28 aromatic rings. The summed E-state index contributed by atoms with van der Waals surface area (Å²) in [6.07, 6.45) is 0. The number of rotatable bonds is 13. The zero-order valence-corrected chi connectivity index (χ0v) is 76.6. The van der Waals surface area contributed by atoms with Crippen LogP contribution in [0.15, 0.2) is 516 Å². The highest BCUT2D eigenvalue weighted by atomic mass is 15.2. The molecule has 141 heavy (non-hydrogen) atoms. The first kappa shape index (κ1) is 82.7. The van der Waals surface area contributed by atoms with Gasteiger partial charge in [-0.15, -0.1) is 0 Å². The SMILES string of the molecule is c1ccc(-c2cc(-c3ccccc3)nc(-n3c4ccccc4c4c5cc(-c6cccc7ccccc67)ccc5ccc43)n2)cc1.c1ccc(-c2cc(-c3ccccc3)nc(-n3c4ccccc4c4c5ccc(-c6cccc7ccccc67)cc5ccc43)n2)cc1.c1ccc(-c2ccc3cc(-c4ccc5ccc6c(c5c4)c4ccccc4n6-c4nc(-c5ccccc5)cc(-c5ccccc5)n4)ccc3c2)cc1. The summed E-state index contributed by atoms with van der Waals surface area (Å²) in [5.41, 5.74) is 28.0. The third kappa shape index (κ3) is 15.2. The Kier molecular flexibility index (Phi) is 20.7. The van der Waals surface area contributed by atoms with E-state index in [0.29, 0.717) is 17.8 Å². The van der Waals surface area contributed by atoms with Crippen molar-refractivity contribution in [3.8, 4) is 130 Å². The molecule has 9 heteroatoms. The van der Waals surface area contributed by atoms with E-state index in [1.54, 1.807) is 0 Å². The van der Waals surface area contributed by atoms with Crippen LogP contribution in [0.4, 0.5) is 0 Å². The lowest BCUT2D eigenvalue weighted by molar-refractivity contribution is 0.995. The van der Waals surface area contributed by atoms with Crippen molar-refractivity contribution in [2.75, 3.05) is 0 Å². The molecule has 0 aliphatic rings. The number of hydrogen-bond donors (Lipinski definition) is 0. The Balaban J connectivity index is 0.000000109. The highest BCUT2D eigenvalue weighted by molar-refractivity contribution is 6.25. The van der Waals surface area contributed by atoms with Gasteiger partial charge in [0.15, 0.2) is 0 Å². The first-order valence-electron chi connectivity index (χ1n) is 47.8. The van der Waals surface area contributed by atoms with Crippen LogP contribution in [0.3, 0.4) is 0 Å². The summed E-state index contributed by atoms with van der Waals surface area (Å²) >= 11 is 0. The Hall–Kier alpha value is -19.0. The maximum atomic E-state index is 5.22. The molecule has 0 aliphatic carbocycles. The largest absolute Gasteiger partial charge is 0.278 e. The number of fused-ring (bicyclic) bond motifs is 18. The van der Waals surface area contributed by atoms with Crippen molar-refractivity contribution in [3.05, 3.63) is 516 Å². The number of hydrogen-bond acceptors (Lipinski definition) is 6. The maximum Gasteiger partial charge on any atom is 0.235 e. The predicted octanol–water partition coefficient (Wildman–Crippen LogP) is 34.3. The quantitative estimate of drug-likeness (QED) is 0.114. The van der Waals surface area contributed by atoms with Gasteiger partial charge in [-0.05, 0) is 194 Å². The van der Waals surface area contributed by atoms with Crippen LogP contribution in [0, 0.1) is 0 Å². The van der Waals surface area contributed by atoms with E-state index in [0.717, 1.165) is 101 Å². The zero-order valence-electron chi connectivity index (χ0n) is 76.6. The third-order valence-electron chi connectivity index (χ3n) is 27.6. The Bertz CT molecular complexity index is 9540. The van der Waals surface area contributed by atoms with Crippen molar-refractivity contribution >= 4 is 130 Å².